The molecule has 0 fully saturated rings. The molecular formula is C20H23ClN2O3S. The van der Waals surface area contributed by atoms with Crippen LogP contribution in [0.1, 0.15) is 29.8 Å². The number of halogens is 1. The van der Waals surface area contributed by atoms with Crippen LogP contribution in [0.15, 0.2) is 42.5 Å². The van der Waals surface area contributed by atoms with Gasteiger partial charge in [-0.2, -0.15) is 0 Å². The summed E-state index contributed by atoms with van der Waals surface area (Å²) >= 11 is 11.5. The van der Waals surface area contributed by atoms with Gasteiger partial charge in [-0.15, -0.1) is 0 Å². The molecule has 144 valence electrons. The second kappa shape index (κ2) is 10.1. The Hall–Kier alpha value is -2.31. The van der Waals surface area contributed by atoms with E-state index in [1.807, 2.05) is 38.1 Å². The minimum absolute atomic E-state index is 0.000537. The van der Waals surface area contributed by atoms with Gasteiger partial charge in [-0.3, -0.25) is 0 Å². The van der Waals surface area contributed by atoms with Crippen molar-refractivity contribution >= 4 is 40.6 Å². The third-order valence-electron chi connectivity index (χ3n) is 3.62. The van der Waals surface area contributed by atoms with E-state index in [0.29, 0.717) is 34.6 Å². The van der Waals surface area contributed by atoms with Gasteiger partial charge in [0.2, 0.25) is 0 Å². The summed E-state index contributed by atoms with van der Waals surface area (Å²) in [4.78, 5) is 11.8. The molecule has 2 N–H and O–H groups in total. The Balaban J connectivity index is 1.84. The molecule has 7 heteroatoms. The van der Waals surface area contributed by atoms with E-state index in [9.17, 15) is 4.79 Å². The van der Waals surface area contributed by atoms with Crippen molar-refractivity contribution in [1.29, 1.82) is 0 Å². The van der Waals surface area contributed by atoms with Gasteiger partial charge < -0.3 is 20.1 Å². The summed E-state index contributed by atoms with van der Waals surface area (Å²) in [6.07, 6.45) is 0. The number of anilines is 1. The average Bonchev–Trinajstić information content (AvgIpc) is 2.61. The molecule has 0 aromatic heterocycles. The summed E-state index contributed by atoms with van der Waals surface area (Å²) in [5, 5.41) is 6.94. The predicted molar refractivity (Wildman–Crippen MR) is 113 cm³/mol. The van der Waals surface area contributed by atoms with Crippen LogP contribution in [0, 0.1) is 6.92 Å². The van der Waals surface area contributed by atoms with E-state index < -0.39 is 5.97 Å². The highest BCUT2D eigenvalue weighted by Crippen LogP contribution is 2.22. The fraction of sp³-hybridized carbons (Fsp3) is 0.300. The van der Waals surface area contributed by atoms with Gasteiger partial charge in [0.15, 0.2) is 5.11 Å². The number of nitrogens with one attached hydrogen (secondary N) is 2. The molecule has 0 saturated heterocycles. The van der Waals surface area contributed by atoms with Gasteiger partial charge >= 0.3 is 5.97 Å². The Labute approximate surface area is 170 Å². The second-order valence-electron chi connectivity index (χ2n) is 6.04. The summed E-state index contributed by atoms with van der Waals surface area (Å²) in [5.74, 6) is 0.367. The lowest BCUT2D eigenvalue weighted by molar-refractivity contribution is 0.0526. The van der Waals surface area contributed by atoms with E-state index >= 15 is 0 Å². The first-order chi connectivity index (χ1) is 12.9. The van der Waals surface area contributed by atoms with Gasteiger partial charge in [-0.1, -0.05) is 29.3 Å². The first-order valence-corrected chi connectivity index (χ1v) is 9.41. The van der Waals surface area contributed by atoms with E-state index in [1.165, 1.54) is 5.56 Å². The van der Waals surface area contributed by atoms with Crippen LogP contribution in [0.5, 0.6) is 5.75 Å². The predicted octanol–water partition coefficient (Wildman–Crippen LogP) is 4.58. The highest BCUT2D eigenvalue weighted by molar-refractivity contribution is 7.80. The summed E-state index contributed by atoms with van der Waals surface area (Å²) in [7, 11) is 0. The number of rotatable bonds is 7. The Morgan fingerprint density at radius 2 is 1.93 bits per heavy atom. The number of benzene rings is 2. The van der Waals surface area contributed by atoms with Gasteiger partial charge in [0.05, 0.1) is 23.2 Å². The Bertz CT molecular complexity index is 796. The fourth-order valence-electron chi connectivity index (χ4n) is 2.26. The number of carbonyl (C=O) groups excluding carboxylic acids is 1. The fourth-order valence-corrected chi connectivity index (χ4v) is 2.83. The molecule has 2 aromatic rings. The molecule has 27 heavy (non-hydrogen) atoms. The Morgan fingerprint density at radius 3 is 2.56 bits per heavy atom. The Kier molecular flexibility index (Phi) is 7.88. The molecule has 0 amide bonds. The van der Waals surface area contributed by atoms with Gasteiger partial charge in [-0.05, 0) is 63.3 Å². The number of ether oxygens (including phenoxy) is 2. The van der Waals surface area contributed by atoms with Crippen LogP contribution in [0.3, 0.4) is 0 Å². The molecule has 0 bridgehead atoms. The number of hydrogen-bond donors (Lipinski definition) is 2. The van der Waals surface area contributed by atoms with E-state index in [-0.39, 0.29) is 6.04 Å². The lowest BCUT2D eigenvalue weighted by atomic mass is 10.2. The summed E-state index contributed by atoms with van der Waals surface area (Å²) in [6.45, 7) is 6.51. The smallest absolute Gasteiger partial charge is 0.339 e. The van der Waals surface area contributed by atoms with Gasteiger partial charge in [0, 0.05) is 5.69 Å². The molecule has 0 aliphatic carbocycles. The van der Waals surface area contributed by atoms with Crippen molar-refractivity contribution in [3.63, 3.8) is 0 Å². The third kappa shape index (κ3) is 6.73. The van der Waals surface area contributed by atoms with Gasteiger partial charge in [0.25, 0.3) is 0 Å². The first-order valence-electron chi connectivity index (χ1n) is 8.62. The van der Waals surface area contributed by atoms with Crippen LogP contribution in [-0.4, -0.2) is 30.3 Å². The van der Waals surface area contributed by atoms with Crippen LogP contribution in [0.2, 0.25) is 5.02 Å². The van der Waals surface area contributed by atoms with Gasteiger partial charge in [-0.25, -0.2) is 4.79 Å². The Morgan fingerprint density at radius 1 is 1.22 bits per heavy atom. The minimum atomic E-state index is -0.448. The zero-order valence-electron chi connectivity index (χ0n) is 15.5. The largest absolute Gasteiger partial charge is 0.491 e. The maximum Gasteiger partial charge on any atom is 0.339 e. The summed E-state index contributed by atoms with van der Waals surface area (Å²) in [6, 6.07) is 12.8. The van der Waals surface area contributed by atoms with Crippen molar-refractivity contribution in [2.45, 2.75) is 26.8 Å². The molecular weight excluding hydrogens is 384 g/mol. The molecule has 5 nitrogen and oxygen atoms in total. The van der Waals surface area contributed by atoms with Crippen molar-refractivity contribution in [3.8, 4) is 5.75 Å². The average molecular weight is 407 g/mol. The van der Waals surface area contributed by atoms with Crippen molar-refractivity contribution in [2.75, 3.05) is 18.5 Å². The molecule has 0 radical (unpaired) electrons. The molecule has 0 aliphatic rings. The molecule has 2 rings (SSSR count). The van der Waals surface area contributed by atoms with Crippen molar-refractivity contribution < 1.29 is 14.3 Å². The highest BCUT2D eigenvalue weighted by atomic mass is 35.5. The van der Waals surface area contributed by atoms with E-state index in [2.05, 4.69) is 10.6 Å². The van der Waals surface area contributed by atoms with Crippen molar-refractivity contribution in [3.05, 3.63) is 58.6 Å². The van der Waals surface area contributed by atoms with Crippen molar-refractivity contribution in [1.82, 2.24) is 5.32 Å². The number of aryl methyl sites for hydroxylation is 1. The molecule has 0 heterocycles. The van der Waals surface area contributed by atoms with E-state index in [4.69, 9.17) is 33.3 Å². The molecule has 0 spiro atoms. The van der Waals surface area contributed by atoms with Crippen LogP contribution in [0.25, 0.3) is 0 Å². The lowest BCUT2D eigenvalue weighted by Crippen LogP contribution is -2.39. The van der Waals surface area contributed by atoms with Crippen LogP contribution in [-0.2, 0) is 4.74 Å². The zero-order chi connectivity index (χ0) is 19.8. The normalized spacial score (nSPS) is 11.4. The number of esters is 1. The molecule has 0 aliphatic heterocycles. The minimum Gasteiger partial charge on any atom is -0.491 e. The maximum absolute atomic E-state index is 11.8. The zero-order valence-corrected chi connectivity index (χ0v) is 17.1. The van der Waals surface area contributed by atoms with Crippen molar-refractivity contribution in [2.24, 2.45) is 0 Å². The number of thiocarbonyl (C=S) groups is 1. The first kappa shape index (κ1) is 21.0. The third-order valence-corrected chi connectivity index (χ3v) is 4.15. The monoisotopic (exact) mass is 406 g/mol. The van der Waals surface area contributed by atoms with E-state index in [1.54, 1.807) is 25.1 Å². The molecule has 1 atom stereocenters. The summed E-state index contributed by atoms with van der Waals surface area (Å²) < 4.78 is 10.7. The second-order valence-corrected chi connectivity index (χ2v) is 6.85. The van der Waals surface area contributed by atoms with Crippen LogP contribution >= 0.6 is 23.8 Å². The maximum atomic E-state index is 11.8. The quantitative estimate of drug-likeness (QED) is 0.518. The SMILES string of the molecule is CCOC(=O)c1ccc(NC(=S)N[C@@H](C)COc2ccc(C)cc2)cc1Cl. The standard InChI is InChI=1S/C20H23ClN2O3S/c1-4-25-19(24)17-10-7-15(11-18(17)21)23-20(27)22-14(3)12-26-16-8-5-13(2)6-9-16/h5-11,14H,4,12H2,1-3H3,(H2,22,23,27)/t14-/m0/s1. The molecule has 0 saturated carbocycles. The molecule has 0 unspecified atom stereocenters. The van der Waals surface area contributed by atoms with E-state index in [0.717, 1.165) is 5.75 Å². The van der Waals surface area contributed by atoms with Crippen LogP contribution in [0.4, 0.5) is 5.69 Å². The number of hydrogen-bond acceptors (Lipinski definition) is 4. The molecule has 2 aromatic carbocycles. The summed E-state index contributed by atoms with van der Waals surface area (Å²) in [5.41, 5.74) is 2.19. The topological polar surface area (TPSA) is 59.6 Å². The highest BCUT2D eigenvalue weighted by Gasteiger charge is 2.12. The van der Waals surface area contributed by atoms with Crippen LogP contribution < -0.4 is 15.4 Å². The number of carbonyl (C=O) groups is 1. The lowest BCUT2D eigenvalue weighted by Gasteiger charge is -2.18. The van der Waals surface area contributed by atoms with Gasteiger partial charge in [0.1, 0.15) is 12.4 Å².